The van der Waals surface area contributed by atoms with Crippen molar-refractivity contribution in [2.24, 2.45) is 11.8 Å². The number of hydrogen-bond donors (Lipinski definition) is 0. The van der Waals surface area contributed by atoms with Gasteiger partial charge in [0.15, 0.2) is 0 Å². The van der Waals surface area contributed by atoms with Crippen LogP contribution in [0, 0.1) is 11.8 Å². The molecule has 0 aliphatic heterocycles. The maximum Gasteiger partial charge on any atom is -0.00553 e. The lowest BCUT2D eigenvalue weighted by molar-refractivity contribution is 0.130. The van der Waals surface area contributed by atoms with Crippen LogP contribution in [0.5, 0.6) is 0 Å². The van der Waals surface area contributed by atoms with E-state index in [1.807, 2.05) is 0 Å². The van der Waals surface area contributed by atoms with E-state index in [-0.39, 0.29) is 0 Å². The van der Waals surface area contributed by atoms with Gasteiger partial charge >= 0.3 is 0 Å². The summed E-state index contributed by atoms with van der Waals surface area (Å²) >= 11 is 0. The standard InChI is InChI=1S/C42H38P2/c1-7-19-33(20-8-1)41-39(31-43(35-23-11-3-12-24-35)36-25-13-4-14-26-36)40(42(41)34-21-9-2-10-22-34)32-44(37-27-15-5-16-28-37)38-29-17-6-18-30-38/h1-30,39-42H,31-32H2/t39-,40-,41+,42+/m0/s1. The highest BCUT2D eigenvalue weighted by Gasteiger charge is 2.52. The fraction of sp³-hybridized carbons (Fsp3) is 0.143. The minimum Gasteiger partial charge on any atom is -0.0622 e. The normalized spacial score (nSPS) is 19.5. The molecule has 6 aromatic carbocycles. The van der Waals surface area contributed by atoms with Crippen molar-refractivity contribution in [1.82, 2.24) is 0 Å². The summed E-state index contributed by atoms with van der Waals surface area (Å²) in [4.78, 5) is 0. The summed E-state index contributed by atoms with van der Waals surface area (Å²) in [5.74, 6) is 2.13. The molecule has 2 heteroatoms. The maximum atomic E-state index is 2.38. The van der Waals surface area contributed by atoms with E-state index in [1.165, 1.54) is 44.7 Å². The molecule has 0 nitrogen and oxygen atoms in total. The van der Waals surface area contributed by atoms with E-state index in [2.05, 4.69) is 182 Å². The van der Waals surface area contributed by atoms with Gasteiger partial charge in [-0.2, -0.15) is 0 Å². The van der Waals surface area contributed by atoms with Gasteiger partial charge in [0.25, 0.3) is 0 Å². The van der Waals surface area contributed by atoms with Crippen LogP contribution in [0.1, 0.15) is 23.0 Å². The quantitative estimate of drug-likeness (QED) is 0.137. The molecule has 216 valence electrons. The summed E-state index contributed by atoms with van der Waals surface area (Å²) in [6.45, 7) is 0. The van der Waals surface area contributed by atoms with Crippen LogP contribution in [0.4, 0.5) is 0 Å². The molecule has 7 rings (SSSR count). The fourth-order valence-corrected chi connectivity index (χ4v) is 12.7. The molecule has 0 N–H and O–H groups in total. The lowest BCUT2D eigenvalue weighted by Gasteiger charge is -2.55. The molecule has 0 bridgehead atoms. The third kappa shape index (κ3) is 6.21. The van der Waals surface area contributed by atoms with E-state index in [4.69, 9.17) is 0 Å². The fourth-order valence-electron chi connectivity index (χ4n) is 7.25. The number of benzene rings is 6. The van der Waals surface area contributed by atoms with Gasteiger partial charge in [-0.15, -0.1) is 0 Å². The van der Waals surface area contributed by atoms with E-state index in [1.54, 1.807) is 0 Å². The highest BCUT2D eigenvalue weighted by Crippen LogP contribution is 2.63. The van der Waals surface area contributed by atoms with Gasteiger partial charge in [0.2, 0.25) is 0 Å². The SMILES string of the molecule is c1ccc([C@@H]2[C@@H](CP(c3ccccc3)c3ccccc3)[C@H](CP(c3ccccc3)c3ccccc3)[C@H]2c2ccccc2)cc1. The second kappa shape index (κ2) is 13.9. The smallest absolute Gasteiger partial charge is 0.00553 e. The Balaban J connectivity index is 1.34. The van der Waals surface area contributed by atoms with Crippen LogP contribution in [-0.4, -0.2) is 12.3 Å². The van der Waals surface area contributed by atoms with Crippen molar-refractivity contribution in [3.05, 3.63) is 193 Å². The van der Waals surface area contributed by atoms with Crippen molar-refractivity contribution in [2.45, 2.75) is 11.8 Å². The molecule has 4 atom stereocenters. The predicted octanol–water partition coefficient (Wildman–Crippen LogP) is 9.07. The lowest BCUT2D eigenvalue weighted by atomic mass is 9.53. The summed E-state index contributed by atoms with van der Waals surface area (Å²) in [5, 5.41) is 5.93. The Morgan fingerprint density at radius 1 is 0.295 bits per heavy atom. The largest absolute Gasteiger partial charge is 0.0622 e. The lowest BCUT2D eigenvalue weighted by Crippen LogP contribution is -2.48. The molecule has 0 unspecified atom stereocenters. The molecular weight excluding hydrogens is 566 g/mol. The minimum absolute atomic E-state index is 0.490. The molecule has 0 heterocycles. The first-order valence-electron chi connectivity index (χ1n) is 15.7. The van der Waals surface area contributed by atoms with E-state index in [9.17, 15) is 0 Å². The third-order valence-corrected chi connectivity index (χ3v) is 14.5. The zero-order valence-electron chi connectivity index (χ0n) is 24.9. The van der Waals surface area contributed by atoms with Gasteiger partial charge in [-0.05, 0) is 84.2 Å². The average molecular weight is 605 g/mol. The number of hydrogen-bond acceptors (Lipinski definition) is 0. The van der Waals surface area contributed by atoms with Crippen LogP contribution in [0.3, 0.4) is 0 Å². The van der Waals surface area contributed by atoms with E-state index >= 15 is 0 Å². The Labute approximate surface area is 265 Å². The highest BCUT2D eigenvalue weighted by atomic mass is 31.1. The second-order valence-corrected chi connectivity index (χ2v) is 16.3. The average Bonchev–Trinajstić information content (AvgIpc) is 3.10. The van der Waals surface area contributed by atoms with Crippen molar-refractivity contribution in [1.29, 1.82) is 0 Å². The van der Waals surface area contributed by atoms with E-state index in [0.717, 1.165) is 0 Å². The summed E-state index contributed by atoms with van der Waals surface area (Å²) in [6.07, 6.45) is 2.40. The summed E-state index contributed by atoms with van der Waals surface area (Å²) in [7, 11) is -1.01. The molecule has 0 amide bonds. The summed E-state index contributed by atoms with van der Waals surface area (Å²) in [6, 6.07) is 68.1. The molecule has 1 aliphatic rings. The first-order valence-corrected chi connectivity index (χ1v) is 18.8. The van der Waals surface area contributed by atoms with Gasteiger partial charge in [-0.3, -0.25) is 0 Å². The Morgan fingerprint density at radius 3 is 0.773 bits per heavy atom. The molecule has 1 aliphatic carbocycles. The van der Waals surface area contributed by atoms with Crippen molar-refractivity contribution in [3.8, 4) is 0 Å². The Bertz CT molecular complexity index is 1500. The van der Waals surface area contributed by atoms with Crippen molar-refractivity contribution < 1.29 is 0 Å². The number of rotatable bonds is 10. The molecule has 0 aromatic heterocycles. The molecule has 0 radical (unpaired) electrons. The van der Waals surface area contributed by atoms with Crippen LogP contribution >= 0.6 is 15.8 Å². The van der Waals surface area contributed by atoms with Gasteiger partial charge < -0.3 is 0 Å². The van der Waals surface area contributed by atoms with Crippen LogP contribution in [-0.2, 0) is 0 Å². The molecule has 1 saturated carbocycles. The van der Waals surface area contributed by atoms with Crippen LogP contribution in [0.25, 0.3) is 0 Å². The molecule has 0 spiro atoms. The Kier molecular flexibility index (Phi) is 9.11. The first kappa shape index (κ1) is 28.9. The van der Waals surface area contributed by atoms with Crippen molar-refractivity contribution >= 4 is 37.1 Å². The van der Waals surface area contributed by atoms with Crippen LogP contribution in [0.2, 0.25) is 0 Å². The van der Waals surface area contributed by atoms with Crippen molar-refractivity contribution in [2.75, 3.05) is 12.3 Å². The van der Waals surface area contributed by atoms with Gasteiger partial charge in [0.1, 0.15) is 0 Å². The highest BCUT2D eigenvalue weighted by molar-refractivity contribution is 7.73. The Hall–Kier alpha value is -3.82. The molecule has 0 saturated heterocycles. The Morgan fingerprint density at radius 2 is 0.523 bits per heavy atom. The maximum absolute atomic E-state index is 2.38. The van der Waals surface area contributed by atoms with Crippen LogP contribution < -0.4 is 21.2 Å². The van der Waals surface area contributed by atoms with Crippen molar-refractivity contribution in [3.63, 3.8) is 0 Å². The minimum atomic E-state index is -0.503. The van der Waals surface area contributed by atoms with E-state index in [0.29, 0.717) is 23.7 Å². The molecule has 1 fully saturated rings. The predicted molar refractivity (Wildman–Crippen MR) is 193 cm³/mol. The van der Waals surface area contributed by atoms with Gasteiger partial charge in [0, 0.05) is 0 Å². The van der Waals surface area contributed by atoms with Gasteiger partial charge in [-0.1, -0.05) is 182 Å². The molecular formula is C42H38P2. The van der Waals surface area contributed by atoms with Crippen LogP contribution in [0.15, 0.2) is 182 Å². The summed E-state index contributed by atoms with van der Waals surface area (Å²) in [5.41, 5.74) is 2.98. The molecule has 6 aromatic rings. The first-order chi connectivity index (χ1) is 21.9. The topological polar surface area (TPSA) is 0 Å². The second-order valence-electron chi connectivity index (χ2n) is 11.8. The zero-order chi connectivity index (χ0) is 29.6. The van der Waals surface area contributed by atoms with Gasteiger partial charge in [0.05, 0.1) is 0 Å². The van der Waals surface area contributed by atoms with E-state index < -0.39 is 15.8 Å². The third-order valence-electron chi connectivity index (χ3n) is 9.29. The molecule has 44 heavy (non-hydrogen) atoms. The summed E-state index contributed by atoms with van der Waals surface area (Å²) < 4.78 is 0. The van der Waals surface area contributed by atoms with Gasteiger partial charge in [-0.25, -0.2) is 0 Å². The zero-order valence-corrected chi connectivity index (χ0v) is 26.7. The monoisotopic (exact) mass is 604 g/mol.